The first-order chi connectivity index (χ1) is 13.7. The van der Waals surface area contributed by atoms with Gasteiger partial charge in [-0.2, -0.15) is 0 Å². The molecule has 28 heavy (non-hydrogen) atoms. The van der Waals surface area contributed by atoms with Gasteiger partial charge in [0.1, 0.15) is 19.0 Å². The number of nitrogens with zero attached hydrogens (tertiary/aromatic N) is 1. The highest BCUT2D eigenvalue weighted by Crippen LogP contribution is 2.31. The standard InChI is InChI=1S/C21H17N3O4/c25-20(14-8-9-17-18(13-14)28-12-11-27-17)23-16-6-2-1-5-15(16)21(26)24-19-7-3-4-10-22-19/h1-10,13H,11-12H2,(H,23,25)(H,22,24,26). The molecule has 1 aromatic heterocycles. The van der Waals surface area contributed by atoms with Gasteiger partial charge in [0, 0.05) is 11.8 Å². The first kappa shape index (κ1) is 17.5. The van der Waals surface area contributed by atoms with Gasteiger partial charge in [-0.1, -0.05) is 18.2 Å². The molecule has 0 atom stereocenters. The van der Waals surface area contributed by atoms with Gasteiger partial charge in [0.15, 0.2) is 11.5 Å². The maximum atomic E-state index is 12.7. The number of hydrogen-bond acceptors (Lipinski definition) is 5. The van der Waals surface area contributed by atoms with Crippen molar-refractivity contribution in [2.24, 2.45) is 0 Å². The van der Waals surface area contributed by atoms with Crippen LogP contribution in [-0.2, 0) is 0 Å². The number of para-hydroxylation sites is 1. The maximum Gasteiger partial charge on any atom is 0.258 e. The van der Waals surface area contributed by atoms with Crippen molar-refractivity contribution < 1.29 is 19.1 Å². The highest BCUT2D eigenvalue weighted by molar-refractivity contribution is 6.12. The van der Waals surface area contributed by atoms with Crippen molar-refractivity contribution in [2.45, 2.75) is 0 Å². The minimum absolute atomic E-state index is 0.332. The van der Waals surface area contributed by atoms with E-state index in [0.717, 1.165) is 0 Å². The second-order valence-corrected chi connectivity index (χ2v) is 6.03. The molecule has 2 N–H and O–H groups in total. The molecule has 0 saturated carbocycles. The molecule has 3 aromatic rings. The summed E-state index contributed by atoms with van der Waals surface area (Å²) in [4.78, 5) is 29.4. The van der Waals surface area contributed by atoms with Gasteiger partial charge in [0.25, 0.3) is 11.8 Å². The number of pyridine rings is 1. The number of aromatic nitrogens is 1. The predicted molar refractivity (Wildman–Crippen MR) is 104 cm³/mol. The lowest BCUT2D eigenvalue weighted by Gasteiger charge is -2.19. The number of hydrogen-bond donors (Lipinski definition) is 2. The van der Waals surface area contributed by atoms with Crippen molar-refractivity contribution in [1.29, 1.82) is 0 Å². The third-order valence-electron chi connectivity index (χ3n) is 4.13. The van der Waals surface area contributed by atoms with E-state index in [2.05, 4.69) is 15.6 Å². The van der Waals surface area contributed by atoms with E-state index in [-0.39, 0.29) is 11.8 Å². The number of anilines is 2. The Labute approximate surface area is 161 Å². The Bertz CT molecular complexity index is 1020. The monoisotopic (exact) mass is 375 g/mol. The summed E-state index contributed by atoms with van der Waals surface area (Å²) < 4.78 is 11.0. The van der Waals surface area contributed by atoms with Gasteiger partial charge in [-0.25, -0.2) is 4.98 Å². The minimum Gasteiger partial charge on any atom is -0.486 e. The number of amides is 2. The molecule has 2 aromatic carbocycles. The third kappa shape index (κ3) is 3.78. The second kappa shape index (κ2) is 7.79. The summed E-state index contributed by atoms with van der Waals surface area (Å²) in [6, 6.07) is 17.0. The van der Waals surface area contributed by atoms with Gasteiger partial charge in [-0.15, -0.1) is 0 Å². The first-order valence-corrected chi connectivity index (χ1v) is 8.73. The lowest BCUT2D eigenvalue weighted by Crippen LogP contribution is -2.19. The molecule has 140 valence electrons. The SMILES string of the molecule is O=C(Nc1ccccc1C(=O)Nc1ccccn1)c1ccc2c(c1)OCCO2. The average Bonchev–Trinajstić information content (AvgIpc) is 2.74. The molecule has 7 heteroatoms. The molecule has 1 aliphatic rings. The van der Waals surface area contributed by atoms with Crippen LogP contribution in [0.4, 0.5) is 11.5 Å². The second-order valence-electron chi connectivity index (χ2n) is 6.03. The Balaban J connectivity index is 1.53. The highest BCUT2D eigenvalue weighted by Gasteiger charge is 2.17. The third-order valence-corrected chi connectivity index (χ3v) is 4.13. The van der Waals surface area contributed by atoms with Crippen LogP contribution in [0, 0.1) is 0 Å². The summed E-state index contributed by atoms with van der Waals surface area (Å²) in [7, 11) is 0. The Kier molecular flexibility index (Phi) is 4.88. The first-order valence-electron chi connectivity index (χ1n) is 8.73. The predicted octanol–water partition coefficient (Wildman–Crippen LogP) is 3.36. The molecule has 0 aliphatic carbocycles. The van der Waals surface area contributed by atoms with Gasteiger partial charge < -0.3 is 20.1 Å². The summed E-state index contributed by atoms with van der Waals surface area (Å²) >= 11 is 0. The molecule has 0 unspecified atom stereocenters. The minimum atomic E-state index is -0.364. The summed E-state index contributed by atoms with van der Waals surface area (Å²) in [6.45, 7) is 0.923. The molecule has 2 amide bonds. The molecule has 0 spiro atoms. The number of nitrogens with one attached hydrogen (secondary N) is 2. The fourth-order valence-electron chi connectivity index (χ4n) is 2.79. The molecular formula is C21H17N3O4. The van der Waals surface area contributed by atoms with Crippen LogP contribution in [0.1, 0.15) is 20.7 Å². The zero-order valence-electron chi connectivity index (χ0n) is 14.8. The molecule has 0 saturated heterocycles. The zero-order chi connectivity index (χ0) is 19.3. The van der Waals surface area contributed by atoms with Crippen molar-refractivity contribution in [3.8, 4) is 11.5 Å². The Morgan fingerprint density at radius 1 is 0.821 bits per heavy atom. The number of ether oxygens (including phenoxy) is 2. The molecule has 1 aliphatic heterocycles. The van der Waals surface area contributed by atoms with E-state index in [1.807, 2.05) is 0 Å². The fourth-order valence-corrected chi connectivity index (χ4v) is 2.79. The van der Waals surface area contributed by atoms with Crippen LogP contribution in [0.3, 0.4) is 0 Å². The van der Waals surface area contributed by atoms with Crippen LogP contribution >= 0.6 is 0 Å². The van der Waals surface area contributed by atoms with Crippen molar-refractivity contribution in [2.75, 3.05) is 23.8 Å². The van der Waals surface area contributed by atoms with E-state index in [9.17, 15) is 9.59 Å². The van der Waals surface area contributed by atoms with Crippen molar-refractivity contribution in [1.82, 2.24) is 4.98 Å². The van der Waals surface area contributed by atoms with E-state index in [4.69, 9.17) is 9.47 Å². The van der Waals surface area contributed by atoms with Gasteiger partial charge in [0.2, 0.25) is 0 Å². The van der Waals surface area contributed by atoms with E-state index in [1.165, 1.54) is 0 Å². The number of fused-ring (bicyclic) bond motifs is 1. The largest absolute Gasteiger partial charge is 0.486 e. The Morgan fingerprint density at radius 3 is 2.43 bits per heavy atom. The zero-order valence-corrected chi connectivity index (χ0v) is 14.8. The number of rotatable bonds is 4. The van der Waals surface area contributed by atoms with Crippen molar-refractivity contribution in [3.05, 3.63) is 78.0 Å². The van der Waals surface area contributed by atoms with Gasteiger partial charge in [-0.3, -0.25) is 9.59 Å². The van der Waals surface area contributed by atoms with Crippen LogP contribution in [0.15, 0.2) is 66.9 Å². The molecule has 7 nitrogen and oxygen atoms in total. The maximum absolute atomic E-state index is 12.7. The van der Waals surface area contributed by atoms with E-state index in [0.29, 0.717) is 47.3 Å². The van der Waals surface area contributed by atoms with Gasteiger partial charge in [-0.05, 0) is 42.5 Å². The summed E-state index contributed by atoms with van der Waals surface area (Å²) in [5, 5.41) is 5.50. The van der Waals surface area contributed by atoms with Crippen LogP contribution in [0.2, 0.25) is 0 Å². The molecule has 2 heterocycles. The van der Waals surface area contributed by atoms with Gasteiger partial charge >= 0.3 is 0 Å². The van der Waals surface area contributed by atoms with Crippen LogP contribution in [-0.4, -0.2) is 30.0 Å². The average molecular weight is 375 g/mol. The smallest absolute Gasteiger partial charge is 0.258 e. The Morgan fingerprint density at radius 2 is 1.61 bits per heavy atom. The Hall–Kier alpha value is -3.87. The normalized spacial score (nSPS) is 12.1. The van der Waals surface area contributed by atoms with Crippen LogP contribution < -0.4 is 20.1 Å². The van der Waals surface area contributed by atoms with Gasteiger partial charge in [0.05, 0.1) is 11.3 Å². The van der Waals surface area contributed by atoms with Crippen molar-refractivity contribution in [3.63, 3.8) is 0 Å². The highest BCUT2D eigenvalue weighted by atomic mass is 16.6. The number of carbonyl (C=O) groups excluding carboxylic acids is 2. The molecule has 0 fully saturated rings. The van der Waals surface area contributed by atoms with E-state index >= 15 is 0 Å². The number of benzene rings is 2. The number of carbonyl (C=O) groups is 2. The van der Waals surface area contributed by atoms with E-state index < -0.39 is 0 Å². The lowest BCUT2D eigenvalue weighted by atomic mass is 10.1. The summed E-state index contributed by atoms with van der Waals surface area (Å²) in [5.41, 5.74) is 1.14. The van der Waals surface area contributed by atoms with Crippen LogP contribution in [0.5, 0.6) is 11.5 Å². The molecule has 4 rings (SSSR count). The van der Waals surface area contributed by atoms with Crippen molar-refractivity contribution >= 4 is 23.3 Å². The fraction of sp³-hybridized carbons (Fsp3) is 0.0952. The quantitative estimate of drug-likeness (QED) is 0.730. The molecular weight excluding hydrogens is 358 g/mol. The summed E-state index contributed by atoms with van der Waals surface area (Å²) in [5.74, 6) is 0.852. The van der Waals surface area contributed by atoms with E-state index in [1.54, 1.807) is 66.9 Å². The topological polar surface area (TPSA) is 89.6 Å². The van der Waals surface area contributed by atoms with Crippen LogP contribution in [0.25, 0.3) is 0 Å². The molecule has 0 bridgehead atoms. The molecule has 0 radical (unpaired) electrons. The lowest BCUT2D eigenvalue weighted by molar-refractivity contribution is 0.102. The summed E-state index contributed by atoms with van der Waals surface area (Å²) in [6.07, 6.45) is 1.59.